The van der Waals surface area contributed by atoms with Crippen molar-refractivity contribution in [2.24, 2.45) is 4.40 Å². The van der Waals surface area contributed by atoms with Crippen LogP contribution in [0.3, 0.4) is 0 Å². The first kappa shape index (κ1) is 19.2. The van der Waals surface area contributed by atoms with Crippen LogP contribution in [0.2, 0.25) is 0 Å². The number of sulfonamides is 1. The molecule has 0 aliphatic carbocycles. The van der Waals surface area contributed by atoms with Crippen molar-refractivity contribution >= 4 is 39.2 Å². The molecule has 28 heavy (non-hydrogen) atoms. The highest BCUT2D eigenvalue weighted by Gasteiger charge is 2.25. The molecule has 0 bridgehead atoms. The first-order valence-corrected chi connectivity index (χ1v) is 11.9. The van der Waals surface area contributed by atoms with E-state index in [1.54, 1.807) is 23.3 Å². The van der Waals surface area contributed by atoms with Gasteiger partial charge in [0.25, 0.3) is 15.9 Å². The molecule has 0 radical (unpaired) electrons. The molecule has 0 saturated carbocycles. The number of carbonyl (C=O) groups excluding carboxylic acids is 1. The molecule has 1 aromatic rings. The van der Waals surface area contributed by atoms with Crippen LogP contribution in [0, 0.1) is 0 Å². The molecule has 0 atom stereocenters. The maximum absolute atomic E-state index is 12.6. The number of rotatable bonds is 4. The number of benzene rings is 1. The number of thioether (sulfide) groups is 1. The summed E-state index contributed by atoms with van der Waals surface area (Å²) in [6.45, 7) is 3.36. The molecule has 1 saturated heterocycles. The van der Waals surface area contributed by atoms with Gasteiger partial charge in [-0.05, 0) is 29.8 Å². The summed E-state index contributed by atoms with van der Waals surface area (Å²) in [6, 6.07) is 7.91. The van der Waals surface area contributed by atoms with E-state index in [0.29, 0.717) is 18.0 Å². The minimum absolute atomic E-state index is 0.0488. The second kappa shape index (κ2) is 8.10. The van der Waals surface area contributed by atoms with E-state index in [-0.39, 0.29) is 11.7 Å². The number of amides is 1. The standard InChI is InChI=1S/C19H22N4O3S2/c24-19(16-4-5-18-21-28(25,26)11-8-23(18)14-16)20-17-3-1-2-15(12-17)13-22-6-9-27-10-7-22/h1-5,12,14H,6-11,13H2,(H,20,24). The summed E-state index contributed by atoms with van der Waals surface area (Å²) in [5.41, 5.74) is 2.40. The van der Waals surface area contributed by atoms with Crippen LogP contribution in [0.1, 0.15) is 5.56 Å². The Balaban J connectivity index is 1.42. The van der Waals surface area contributed by atoms with E-state index < -0.39 is 10.0 Å². The molecule has 3 aliphatic rings. The molecule has 1 amide bonds. The van der Waals surface area contributed by atoms with E-state index in [1.165, 1.54) is 17.1 Å². The first-order valence-electron chi connectivity index (χ1n) is 9.18. The molecule has 0 aromatic heterocycles. The zero-order valence-electron chi connectivity index (χ0n) is 15.4. The Labute approximate surface area is 169 Å². The normalized spacial score (nSPS) is 21.5. The van der Waals surface area contributed by atoms with E-state index in [1.807, 2.05) is 30.0 Å². The number of anilines is 1. The van der Waals surface area contributed by atoms with Crippen LogP contribution in [0.5, 0.6) is 0 Å². The third-order valence-corrected chi connectivity index (χ3v) is 6.89. The van der Waals surface area contributed by atoms with Crippen molar-refractivity contribution in [1.29, 1.82) is 0 Å². The number of fused-ring (bicyclic) bond motifs is 1. The molecule has 3 aliphatic heterocycles. The molecule has 0 unspecified atom stereocenters. The fourth-order valence-electron chi connectivity index (χ4n) is 3.30. The molecule has 7 nitrogen and oxygen atoms in total. The van der Waals surface area contributed by atoms with E-state index in [0.717, 1.165) is 25.3 Å². The van der Waals surface area contributed by atoms with Gasteiger partial charge in [0.15, 0.2) is 0 Å². The van der Waals surface area contributed by atoms with Gasteiger partial charge in [0.05, 0.1) is 11.3 Å². The van der Waals surface area contributed by atoms with Gasteiger partial charge >= 0.3 is 0 Å². The van der Waals surface area contributed by atoms with E-state index in [9.17, 15) is 13.2 Å². The number of hydrogen-bond acceptors (Lipinski definition) is 6. The Kier molecular flexibility index (Phi) is 5.56. The second-order valence-electron chi connectivity index (χ2n) is 6.89. The summed E-state index contributed by atoms with van der Waals surface area (Å²) in [4.78, 5) is 16.8. The molecule has 0 spiro atoms. The van der Waals surface area contributed by atoms with Crippen LogP contribution >= 0.6 is 11.8 Å². The van der Waals surface area contributed by atoms with Crippen molar-refractivity contribution in [1.82, 2.24) is 9.80 Å². The van der Waals surface area contributed by atoms with Crippen LogP contribution in [0.4, 0.5) is 5.69 Å². The van der Waals surface area contributed by atoms with Crippen molar-refractivity contribution in [2.45, 2.75) is 6.54 Å². The maximum Gasteiger partial charge on any atom is 0.257 e. The average Bonchev–Trinajstić information content (AvgIpc) is 2.68. The quantitative estimate of drug-likeness (QED) is 0.801. The molecular formula is C19H22N4O3S2. The Morgan fingerprint density at radius 1 is 1.18 bits per heavy atom. The number of carbonyl (C=O) groups is 1. The lowest BCUT2D eigenvalue weighted by atomic mass is 10.1. The Morgan fingerprint density at radius 2 is 2.00 bits per heavy atom. The molecular weight excluding hydrogens is 396 g/mol. The van der Waals surface area contributed by atoms with Gasteiger partial charge in [-0.2, -0.15) is 11.8 Å². The van der Waals surface area contributed by atoms with Crippen LogP contribution in [0.25, 0.3) is 0 Å². The highest BCUT2D eigenvalue weighted by Crippen LogP contribution is 2.19. The zero-order valence-corrected chi connectivity index (χ0v) is 17.0. The Morgan fingerprint density at radius 3 is 2.82 bits per heavy atom. The van der Waals surface area contributed by atoms with Gasteiger partial charge in [-0.25, -0.2) is 8.42 Å². The summed E-state index contributed by atoms with van der Waals surface area (Å²) in [5.74, 6) is 2.41. The highest BCUT2D eigenvalue weighted by molar-refractivity contribution is 7.99. The lowest BCUT2D eigenvalue weighted by Crippen LogP contribution is -2.37. The first-order chi connectivity index (χ1) is 13.5. The summed E-state index contributed by atoms with van der Waals surface area (Å²) < 4.78 is 26.9. The summed E-state index contributed by atoms with van der Waals surface area (Å²) in [5, 5.41) is 2.94. The van der Waals surface area contributed by atoms with E-state index in [2.05, 4.69) is 20.7 Å². The molecule has 1 aromatic carbocycles. The predicted octanol–water partition coefficient (Wildman–Crippen LogP) is 1.67. The molecule has 3 heterocycles. The lowest BCUT2D eigenvalue weighted by Gasteiger charge is -2.27. The zero-order chi connectivity index (χ0) is 19.6. The SMILES string of the molecule is O=C(Nc1cccc(CN2CCSCC2)c1)C1=CN2CCS(=O)(=O)N=C2C=C1. The fraction of sp³-hybridized carbons (Fsp3) is 0.368. The van der Waals surface area contributed by atoms with Gasteiger partial charge in [0.1, 0.15) is 5.84 Å². The van der Waals surface area contributed by atoms with Crippen LogP contribution in [-0.2, 0) is 21.4 Å². The average molecular weight is 419 g/mol. The molecule has 148 valence electrons. The van der Waals surface area contributed by atoms with Crippen molar-refractivity contribution < 1.29 is 13.2 Å². The largest absolute Gasteiger partial charge is 0.330 e. The van der Waals surface area contributed by atoms with E-state index >= 15 is 0 Å². The molecule has 4 rings (SSSR count). The van der Waals surface area contributed by atoms with Crippen molar-refractivity contribution in [2.75, 3.05) is 42.2 Å². The predicted molar refractivity (Wildman–Crippen MR) is 113 cm³/mol. The molecule has 1 N–H and O–H groups in total. The summed E-state index contributed by atoms with van der Waals surface area (Å²) in [6.07, 6.45) is 4.81. The molecule has 9 heteroatoms. The Hall–Kier alpha value is -2.10. The smallest absolute Gasteiger partial charge is 0.257 e. The maximum atomic E-state index is 12.6. The minimum Gasteiger partial charge on any atom is -0.330 e. The van der Waals surface area contributed by atoms with Gasteiger partial charge in [0.2, 0.25) is 0 Å². The third-order valence-electron chi connectivity index (χ3n) is 4.78. The highest BCUT2D eigenvalue weighted by atomic mass is 32.2. The molecule has 1 fully saturated rings. The van der Waals surface area contributed by atoms with Crippen LogP contribution in [-0.4, -0.2) is 66.9 Å². The van der Waals surface area contributed by atoms with E-state index in [4.69, 9.17) is 0 Å². The number of amidine groups is 1. The Bertz CT molecular complexity index is 963. The van der Waals surface area contributed by atoms with Crippen LogP contribution < -0.4 is 5.32 Å². The van der Waals surface area contributed by atoms with Gasteiger partial charge in [0, 0.05) is 49.6 Å². The topological polar surface area (TPSA) is 82.1 Å². The monoisotopic (exact) mass is 418 g/mol. The third kappa shape index (κ3) is 4.65. The second-order valence-corrected chi connectivity index (χ2v) is 9.87. The van der Waals surface area contributed by atoms with Crippen molar-refractivity contribution in [3.63, 3.8) is 0 Å². The van der Waals surface area contributed by atoms with Crippen molar-refractivity contribution in [3.8, 4) is 0 Å². The minimum atomic E-state index is -3.40. The summed E-state index contributed by atoms with van der Waals surface area (Å²) in [7, 11) is -3.40. The van der Waals surface area contributed by atoms with Crippen molar-refractivity contribution in [3.05, 3.63) is 53.8 Å². The van der Waals surface area contributed by atoms with Gasteiger partial charge in [-0.3, -0.25) is 9.69 Å². The van der Waals surface area contributed by atoms with Gasteiger partial charge in [-0.15, -0.1) is 4.40 Å². The number of hydrogen-bond donors (Lipinski definition) is 1. The van der Waals surface area contributed by atoms with Crippen LogP contribution in [0.15, 0.2) is 52.6 Å². The fourth-order valence-corrected chi connectivity index (χ4v) is 5.25. The van der Waals surface area contributed by atoms with Gasteiger partial charge < -0.3 is 10.2 Å². The summed E-state index contributed by atoms with van der Waals surface area (Å²) >= 11 is 1.99. The van der Waals surface area contributed by atoms with Gasteiger partial charge in [-0.1, -0.05) is 12.1 Å². The number of nitrogens with one attached hydrogen (secondary N) is 1. The number of nitrogens with zero attached hydrogens (tertiary/aromatic N) is 3. The lowest BCUT2D eigenvalue weighted by molar-refractivity contribution is -0.112.